The summed E-state index contributed by atoms with van der Waals surface area (Å²) < 4.78 is 0. The van der Waals surface area contributed by atoms with Gasteiger partial charge < -0.3 is 10.3 Å². The van der Waals surface area contributed by atoms with Crippen molar-refractivity contribution >= 4 is 6.21 Å². The van der Waals surface area contributed by atoms with Gasteiger partial charge in [-0.05, 0) is 43.0 Å². The van der Waals surface area contributed by atoms with E-state index in [1.54, 1.807) is 0 Å². The van der Waals surface area contributed by atoms with Gasteiger partial charge in [0.15, 0.2) is 0 Å². The topological polar surface area (TPSA) is 52.8 Å². The first-order valence-electron chi connectivity index (χ1n) is 4.49. The lowest BCUT2D eigenvalue weighted by molar-refractivity contribution is 0.280. The maximum atomic E-state index is 9.18. The molecule has 1 rings (SSSR count). The zero-order chi connectivity index (χ0) is 10.7. The maximum Gasteiger partial charge on any atom is 0.0739 e. The number of aliphatic hydroxyl groups excluding tert-OH is 1. The van der Waals surface area contributed by atoms with Crippen LogP contribution in [-0.4, -0.2) is 16.5 Å². The molecule has 0 amide bonds. The number of aryl methyl sites for hydroxylation is 2. The second kappa shape index (κ2) is 4.24. The molecule has 0 saturated heterocycles. The van der Waals surface area contributed by atoms with Crippen LogP contribution < -0.4 is 0 Å². The van der Waals surface area contributed by atoms with Crippen molar-refractivity contribution in [2.24, 2.45) is 5.16 Å². The van der Waals surface area contributed by atoms with Crippen LogP contribution in [0.3, 0.4) is 0 Å². The van der Waals surface area contributed by atoms with Crippen LogP contribution in [0.25, 0.3) is 0 Å². The number of hydrogen-bond donors (Lipinski definition) is 2. The Kier molecular flexibility index (Phi) is 3.25. The highest BCUT2D eigenvalue weighted by Crippen LogP contribution is 2.20. The van der Waals surface area contributed by atoms with Crippen LogP contribution in [0.1, 0.15) is 27.8 Å². The Morgan fingerprint density at radius 1 is 1.29 bits per heavy atom. The molecule has 2 N–H and O–H groups in total. The molecule has 14 heavy (non-hydrogen) atoms. The van der Waals surface area contributed by atoms with Crippen LogP contribution in [-0.2, 0) is 6.61 Å². The molecule has 0 radical (unpaired) electrons. The van der Waals surface area contributed by atoms with E-state index in [0.29, 0.717) is 0 Å². The van der Waals surface area contributed by atoms with Crippen molar-refractivity contribution in [1.29, 1.82) is 0 Å². The average Bonchev–Trinajstić information content (AvgIpc) is 2.12. The minimum atomic E-state index is 0.0181. The van der Waals surface area contributed by atoms with Crippen molar-refractivity contribution in [2.75, 3.05) is 0 Å². The van der Waals surface area contributed by atoms with Gasteiger partial charge in [0, 0.05) is 5.56 Å². The van der Waals surface area contributed by atoms with E-state index in [9.17, 15) is 5.11 Å². The van der Waals surface area contributed by atoms with E-state index in [0.717, 1.165) is 27.8 Å². The van der Waals surface area contributed by atoms with Crippen LogP contribution in [0.15, 0.2) is 11.2 Å². The Labute approximate surface area is 83.7 Å². The van der Waals surface area contributed by atoms with E-state index in [1.807, 2.05) is 26.8 Å². The molecule has 3 heteroatoms. The molecule has 0 saturated carbocycles. The first kappa shape index (κ1) is 10.7. The number of oxime groups is 1. The normalized spacial score (nSPS) is 11.1. The highest BCUT2D eigenvalue weighted by atomic mass is 16.4. The first-order valence-corrected chi connectivity index (χ1v) is 4.49. The fourth-order valence-corrected chi connectivity index (χ4v) is 1.74. The van der Waals surface area contributed by atoms with Crippen molar-refractivity contribution in [3.05, 3.63) is 33.9 Å². The maximum absolute atomic E-state index is 9.18. The minimum absolute atomic E-state index is 0.0181. The van der Waals surface area contributed by atoms with Gasteiger partial charge in [0.1, 0.15) is 0 Å². The van der Waals surface area contributed by atoms with E-state index in [-0.39, 0.29) is 6.61 Å². The Morgan fingerprint density at radius 3 is 2.43 bits per heavy atom. The van der Waals surface area contributed by atoms with Gasteiger partial charge >= 0.3 is 0 Å². The SMILES string of the molecule is Cc1cc(C)c(CO)c(C)c1/C=N/O. The highest BCUT2D eigenvalue weighted by molar-refractivity contribution is 5.84. The van der Waals surface area contributed by atoms with Gasteiger partial charge in [-0.1, -0.05) is 11.2 Å². The molecule has 0 bridgehead atoms. The van der Waals surface area contributed by atoms with Gasteiger partial charge in [0.2, 0.25) is 0 Å². The van der Waals surface area contributed by atoms with Gasteiger partial charge in [-0.2, -0.15) is 0 Å². The molecule has 3 nitrogen and oxygen atoms in total. The van der Waals surface area contributed by atoms with Crippen molar-refractivity contribution in [2.45, 2.75) is 27.4 Å². The molecule has 0 unspecified atom stereocenters. The number of hydrogen-bond acceptors (Lipinski definition) is 3. The third kappa shape index (κ3) is 1.77. The van der Waals surface area contributed by atoms with Gasteiger partial charge in [0.05, 0.1) is 12.8 Å². The van der Waals surface area contributed by atoms with Crippen LogP contribution in [0, 0.1) is 20.8 Å². The molecule has 0 fully saturated rings. The Balaban J connectivity index is 3.43. The summed E-state index contributed by atoms with van der Waals surface area (Å²) >= 11 is 0. The lowest BCUT2D eigenvalue weighted by Gasteiger charge is -2.12. The van der Waals surface area contributed by atoms with Crippen LogP contribution in [0.5, 0.6) is 0 Å². The lowest BCUT2D eigenvalue weighted by atomic mass is 9.94. The molecule has 1 aromatic rings. The summed E-state index contributed by atoms with van der Waals surface area (Å²) in [5.41, 5.74) is 4.88. The van der Waals surface area contributed by atoms with Crippen molar-refractivity contribution < 1.29 is 10.3 Å². The summed E-state index contributed by atoms with van der Waals surface area (Å²) in [5, 5.41) is 20.7. The van der Waals surface area contributed by atoms with E-state index < -0.39 is 0 Å². The molecule has 0 heterocycles. The summed E-state index contributed by atoms with van der Waals surface area (Å²) in [5.74, 6) is 0. The van der Waals surface area contributed by atoms with E-state index in [2.05, 4.69) is 5.16 Å². The van der Waals surface area contributed by atoms with Crippen molar-refractivity contribution in [3.8, 4) is 0 Å². The summed E-state index contributed by atoms with van der Waals surface area (Å²) in [6.07, 6.45) is 1.41. The minimum Gasteiger partial charge on any atom is -0.411 e. The monoisotopic (exact) mass is 193 g/mol. The van der Waals surface area contributed by atoms with Gasteiger partial charge in [-0.15, -0.1) is 0 Å². The Hall–Kier alpha value is -1.35. The second-order valence-corrected chi connectivity index (χ2v) is 3.43. The van der Waals surface area contributed by atoms with Crippen molar-refractivity contribution in [1.82, 2.24) is 0 Å². The largest absolute Gasteiger partial charge is 0.411 e. The van der Waals surface area contributed by atoms with Crippen LogP contribution in [0.4, 0.5) is 0 Å². The summed E-state index contributed by atoms with van der Waals surface area (Å²) in [7, 11) is 0. The molecule has 0 aliphatic rings. The summed E-state index contributed by atoms with van der Waals surface area (Å²) in [6, 6.07) is 1.98. The van der Waals surface area contributed by atoms with Crippen LogP contribution >= 0.6 is 0 Å². The zero-order valence-electron chi connectivity index (χ0n) is 8.70. The van der Waals surface area contributed by atoms with Gasteiger partial charge in [-0.3, -0.25) is 0 Å². The molecule has 76 valence electrons. The Morgan fingerprint density at radius 2 is 1.93 bits per heavy atom. The smallest absolute Gasteiger partial charge is 0.0739 e. The molecular formula is C11H15NO2. The fraction of sp³-hybridized carbons (Fsp3) is 0.364. The number of rotatable bonds is 2. The van der Waals surface area contributed by atoms with E-state index in [1.165, 1.54) is 6.21 Å². The molecule has 0 atom stereocenters. The summed E-state index contributed by atoms with van der Waals surface area (Å²) in [6.45, 7) is 5.86. The quantitative estimate of drug-likeness (QED) is 0.428. The van der Waals surface area contributed by atoms with Gasteiger partial charge in [-0.25, -0.2) is 0 Å². The third-order valence-electron chi connectivity index (χ3n) is 2.54. The van der Waals surface area contributed by atoms with E-state index in [4.69, 9.17) is 5.21 Å². The predicted molar refractivity (Wildman–Crippen MR) is 56.0 cm³/mol. The highest BCUT2D eigenvalue weighted by Gasteiger charge is 2.08. The standard InChI is InChI=1S/C11H15NO2/c1-7-4-8(2)11(6-13)9(3)10(7)5-12-14/h4-5,13-14H,6H2,1-3H3/b12-5+. The molecule has 0 aliphatic carbocycles. The number of nitrogens with zero attached hydrogens (tertiary/aromatic N) is 1. The molecule has 0 aromatic heterocycles. The Bertz CT molecular complexity index is 370. The molecular weight excluding hydrogens is 178 g/mol. The number of benzene rings is 1. The first-order chi connectivity index (χ1) is 6.61. The molecule has 1 aromatic carbocycles. The van der Waals surface area contributed by atoms with E-state index >= 15 is 0 Å². The fourth-order valence-electron chi connectivity index (χ4n) is 1.74. The molecule has 0 spiro atoms. The van der Waals surface area contributed by atoms with Crippen molar-refractivity contribution in [3.63, 3.8) is 0 Å². The lowest BCUT2D eigenvalue weighted by Crippen LogP contribution is -2.01. The number of aliphatic hydroxyl groups is 1. The summed E-state index contributed by atoms with van der Waals surface area (Å²) in [4.78, 5) is 0. The predicted octanol–water partition coefficient (Wildman–Crippen LogP) is 1.91. The molecule has 0 aliphatic heterocycles. The van der Waals surface area contributed by atoms with Gasteiger partial charge in [0.25, 0.3) is 0 Å². The zero-order valence-corrected chi connectivity index (χ0v) is 8.70. The third-order valence-corrected chi connectivity index (χ3v) is 2.54. The second-order valence-electron chi connectivity index (χ2n) is 3.43. The van der Waals surface area contributed by atoms with Crippen LogP contribution in [0.2, 0.25) is 0 Å². The average molecular weight is 193 g/mol.